The molecule has 1 aromatic carbocycles. The lowest BCUT2D eigenvalue weighted by atomic mass is 9.85. The van der Waals surface area contributed by atoms with E-state index in [1.807, 2.05) is 0 Å². The van der Waals surface area contributed by atoms with Crippen molar-refractivity contribution in [2.45, 2.75) is 38.8 Å². The van der Waals surface area contributed by atoms with Crippen LogP contribution in [-0.4, -0.2) is 21.2 Å². The van der Waals surface area contributed by atoms with Gasteiger partial charge in [0, 0.05) is 6.07 Å². The second kappa shape index (κ2) is 4.73. The van der Waals surface area contributed by atoms with E-state index in [1.54, 1.807) is 0 Å². The van der Waals surface area contributed by atoms with Crippen molar-refractivity contribution in [2.75, 3.05) is 5.32 Å². The number of nitrogens with one attached hydrogen (secondary N) is 1. The molecule has 0 radical (unpaired) electrons. The van der Waals surface area contributed by atoms with Gasteiger partial charge in [0.15, 0.2) is 17.3 Å². The van der Waals surface area contributed by atoms with Gasteiger partial charge in [-0.25, -0.2) is 8.78 Å². The third-order valence-electron chi connectivity index (χ3n) is 3.24. The molecule has 0 bridgehead atoms. The van der Waals surface area contributed by atoms with E-state index in [-0.39, 0.29) is 0 Å². The monoisotopic (exact) mass is 274 g/mol. The Kier molecular flexibility index (Phi) is 3.81. The zero-order valence-electron chi connectivity index (χ0n) is 11.1. The standard InChI is InChI=1S/C12H16F2N2O3/c1-11(2,12(3,4)17)15-10-8(16(18)19)6-5-7(13)9(10)14/h5-6,15,17H,1-4H3. The third kappa shape index (κ3) is 2.98. The maximum absolute atomic E-state index is 13.7. The number of rotatable bonds is 4. The second-order valence-electron chi connectivity index (χ2n) is 5.32. The minimum absolute atomic E-state index is 0.572. The highest BCUT2D eigenvalue weighted by atomic mass is 19.2. The number of nitro benzene ring substituents is 1. The van der Waals surface area contributed by atoms with E-state index in [0.29, 0.717) is 6.07 Å². The number of hydrogen-bond acceptors (Lipinski definition) is 4. The SMILES string of the molecule is CC(C)(O)C(C)(C)Nc1c([N+](=O)[O-])ccc(F)c1F. The molecule has 0 atom stereocenters. The Labute approximate surface area is 109 Å². The summed E-state index contributed by atoms with van der Waals surface area (Å²) in [5.41, 5.74) is -3.57. The van der Waals surface area contributed by atoms with E-state index in [4.69, 9.17) is 0 Å². The Hall–Kier alpha value is -1.76. The first-order chi connectivity index (χ1) is 8.47. The lowest BCUT2D eigenvalue weighted by Gasteiger charge is -2.38. The van der Waals surface area contributed by atoms with Crippen LogP contribution < -0.4 is 5.32 Å². The quantitative estimate of drug-likeness (QED) is 0.654. The molecule has 0 saturated carbocycles. The second-order valence-corrected chi connectivity index (χ2v) is 5.32. The van der Waals surface area contributed by atoms with Crippen LogP contribution in [0.15, 0.2) is 12.1 Å². The number of benzene rings is 1. The molecule has 5 nitrogen and oxygen atoms in total. The molecule has 0 aromatic heterocycles. The van der Waals surface area contributed by atoms with Crippen LogP contribution in [-0.2, 0) is 0 Å². The fourth-order valence-corrected chi connectivity index (χ4v) is 1.28. The predicted octanol–water partition coefficient (Wildman–Crippen LogP) is 2.83. The zero-order valence-corrected chi connectivity index (χ0v) is 11.1. The Morgan fingerprint density at radius 2 is 1.79 bits per heavy atom. The first kappa shape index (κ1) is 15.3. The number of nitro groups is 1. The summed E-state index contributed by atoms with van der Waals surface area (Å²) in [6.07, 6.45) is 0. The average molecular weight is 274 g/mol. The molecule has 0 saturated heterocycles. The molecule has 2 N–H and O–H groups in total. The van der Waals surface area contributed by atoms with E-state index >= 15 is 0 Å². The summed E-state index contributed by atoms with van der Waals surface area (Å²) in [6, 6.07) is 1.57. The molecule has 1 rings (SSSR count). The largest absolute Gasteiger partial charge is 0.388 e. The van der Waals surface area contributed by atoms with E-state index in [0.717, 1.165) is 6.07 Å². The molecular weight excluding hydrogens is 258 g/mol. The van der Waals surface area contributed by atoms with Crippen LogP contribution in [0.3, 0.4) is 0 Å². The summed E-state index contributed by atoms with van der Waals surface area (Å²) in [4.78, 5) is 10.0. The van der Waals surface area contributed by atoms with Gasteiger partial charge in [0.05, 0.1) is 16.1 Å². The summed E-state index contributed by atoms with van der Waals surface area (Å²) in [7, 11) is 0. The van der Waals surface area contributed by atoms with Crippen LogP contribution >= 0.6 is 0 Å². The van der Waals surface area contributed by atoms with Crippen molar-refractivity contribution in [3.05, 3.63) is 33.9 Å². The molecule has 0 heterocycles. The highest BCUT2D eigenvalue weighted by Gasteiger charge is 2.37. The van der Waals surface area contributed by atoms with Crippen molar-refractivity contribution in [3.63, 3.8) is 0 Å². The summed E-state index contributed by atoms with van der Waals surface area (Å²) in [5, 5.41) is 23.3. The Balaban J connectivity index is 3.35. The van der Waals surface area contributed by atoms with E-state index in [9.17, 15) is 24.0 Å². The molecule has 1 aromatic rings. The maximum Gasteiger partial charge on any atom is 0.295 e. The van der Waals surface area contributed by atoms with Gasteiger partial charge in [0.25, 0.3) is 5.69 Å². The molecule has 0 amide bonds. The molecule has 0 aliphatic heterocycles. The van der Waals surface area contributed by atoms with Gasteiger partial charge in [-0.2, -0.15) is 0 Å². The van der Waals surface area contributed by atoms with Crippen LogP contribution in [0.25, 0.3) is 0 Å². The fraction of sp³-hybridized carbons (Fsp3) is 0.500. The van der Waals surface area contributed by atoms with Crippen molar-refractivity contribution < 1.29 is 18.8 Å². The van der Waals surface area contributed by atoms with Crippen LogP contribution in [0.1, 0.15) is 27.7 Å². The number of aliphatic hydroxyl groups is 1. The molecule has 0 spiro atoms. The number of nitrogens with zero attached hydrogens (tertiary/aromatic N) is 1. The van der Waals surface area contributed by atoms with E-state index < -0.39 is 39.1 Å². The van der Waals surface area contributed by atoms with Gasteiger partial charge in [-0.1, -0.05) is 0 Å². The van der Waals surface area contributed by atoms with Crippen molar-refractivity contribution in [2.24, 2.45) is 0 Å². The number of halogens is 2. The molecule has 7 heteroatoms. The zero-order chi connectivity index (χ0) is 15.0. The van der Waals surface area contributed by atoms with E-state index in [1.165, 1.54) is 27.7 Å². The van der Waals surface area contributed by atoms with Crippen molar-refractivity contribution in [1.82, 2.24) is 0 Å². The number of hydrogen-bond donors (Lipinski definition) is 2. The lowest BCUT2D eigenvalue weighted by molar-refractivity contribution is -0.384. The first-order valence-electron chi connectivity index (χ1n) is 5.60. The Morgan fingerprint density at radius 3 is 2.21 bits per heavy atom. The summed E-state index contributed by atoms with van der Waals surface area (Å²) in [5.74, 6) is -2.54. The molecule has 0 unspecified atom stereocenters. The molecule has 0 aliphatic carbocycles. The van der Waals surface area contributed by atoms with Crippen molar-refractivity contribution >= 4 is 11.4 Å². The third-order valence-corrected chi connectivity index (χ3v) is 3.24. The normalized spacial score (nSPS) is 12.4. The molecule has 19 heavy (non-hydrogen) atoms. The first-order valence-corrected chi connectivity index (χ1v) is 5.60. The summed E-state index contributed by atoms with van der Waals surface area (Å²) < 4.78 is 26.9. The summed E-state index contributed by atoms with van der Waals surface area (Å²) >= 11 is 0. The van der Waals surface area contributed by atoms with Gasteiger partial charge in [-0.3, -0.25) is 10.1 Å². The van der Waals surface area contributed by atoms with Crippen LogP contribution in [0, 0.1) is 21.7 Å². The Bertz CT molecular complexity index is 510. The maximum atomic E-state index is 13.7. The molecule has 0 fully saturated rings. The summed E-state index contributed by atoms with van der Waals surface area (Å²) in [6.45, 7) is 5.98. The van der Waals surface area contributed by atoms with E-state index in [2.05, 4.69) is 5.32 Å². The molecular formula is C12H16F2N2O3. The lowest BCUT2D eigenvalue weighted by Crippen LogP contribution is -2.51. The van der Waals surface area contributed by atoms with Gasteiger partial charge in [0.1, 0.15) is 0 Å². The van der Waals surface area contributed by atoms with Crippen LogP contribution in [0.4, 0.5) is 20.2 Å². The average Bonchev–Trinajstić information content (AvgIpc) is 2.22. The van der Waals surface area contributed by atoms with Crippen molar-refractivity contribution in [1.29, 1.82) is 0 Å². The Morgan fingerprint density at radius 1 is 1.26 bits per heavy atom. The topological polar surface area (TPSA) is 75.4 Å². The van der Waals surface area contributed by atoms with Crippen LogP contribution in [0.2, 0.25) is 0 Å². The van der Waals surface area contributed by atoms with Crippen LogP contribution in [0.5, 0.6) is 0 Å². The highest BCUT2D eigenvalue weighted by Crippen LogP contribution is 2.34. The minimum Gasteiger partial charge on any atom is -0.388 e. The van der Waals surface area contributed by atoms with Gasteiger partial charge >= 0.3 is 0 Å². The molecule has 0 aliphatic rings. The predicted molar refractivity (Wildman–Crippen MR) is 67.0 cm³/mol. The van der Waals surface area contributed by atoms with Crippen molar-refractivity contribution in [3.8, 4) is 0 Å². The fourth-order valence-electron chi connectivity index (χ4n) is 1.28. The van der Waals surface area contributed by atoms with Gasteiger partial charge in [-0.15, -0.1) is 0 Å². The smallest absolute Gasteiger partial charge is 0.295 e. The number of anilines is 1. The minimum atomic E-state index is -1.34. The highest BCUT2D eigenvalue weighted by molar-refractivity contribution is 5.64. The van der Waals surface area contributed by atoms with Gasteiger partial charge in [0.2, 0.25) is 0 Å². The van der Waals surface area contributed by atoms with Gasteiger partial charge in [-0.05, 0) is 33.8 Å². The molecule has 106 valence electrons. The van der Waals surface area contributed by atoms with Gasteiger partial charge < -0.3 is 10.4 Å².